The quantitative estimate of drug-likeness (QED) is 0.529. The van der Waals surface area contributed by atoms with Crippen LogP contribution in [0.5, 0.6) is 0 Å². The zero-order valence-corrected chi connectivity index (χ0v) is 21.0. The van der Waals surface area contributed by atoms with E-state index in [4.69, 9.17) is 18.6 Å². The van der Waals surface area contributed by atoms with Gasteiger partial charge in [0.1, 0.15) is 17.3 Å². The predicted molar refractivity (Wildman–Crippen MR) is 121 cm³/mol. The SMILES string of the molecule is COC(=O)C[C@H]1[C@@]2(C)CC3(O)[C@@H]4[C@@H](O[C@]56CC(=O)O[C@@H](c7ccoc7)[C@]5(C)CC[C@H]([C@]13C)[C@]46O)[C@H]2O. The van der Waals surface area contributed by atoms with Crippen LogP contribution in [-0.4, -0.2) is 63.4 Å². The molecule has 1 aromatic rings. The standard InChI is InChI=1S/C27H34O9/c1-22-12-25(31)19-18(20(22)30)36-26-10-17(29)35-21(13-6-8-34-11-13)23(26,2)7-5-14(27(19,26)32)24(25,3)15(22)9-16(28)33-4/h6,8,11,14-15,18-21,30-32H,5,7,9-10,12H2,1-4H3/t14-,15+,18-,19+,20-,21+,22-,23+,24-,25?,26-,27+/m1/s1. The Balaban J connectivity index is 1.47. The molecule has 6 fully saturated rings. The second kappa shape index (κ2) is 6.37. The number of furan rings is 1. The smallest absolute Gasteiger partial charge is 0.309 e. The highest BCUT2D eigenvalue weighted by atomic mass is 16.6. The van der Waals surface area contributed by atoms with Gasteiger partial charge in [0, 0.05) is 34.1 Å². The molecule has 36 heavy (non-hydrogen) atoms. The van der Waals surface area contributed by atoms with E-state index in [2.05, 4.69) is 0 Å². The number of carbonyl (C=O) groups excluding carboxylic acids is 2. The van der Waals surface area contributed by atoms with Crippen LogP contribution in [0.4, 0.5) is 0 Å². The van der Waals surface area contributed by atoms with Gasteiger partial charge in [-0.2, -0.15) is 0 Å². The fourth-order valence-corrected chi connectivity index (χ4v) is 10.8. The van der Waals surface area contributed by atoms with E-state index in [-0.39, 0.29) is 19.3 Å². The average molecular weight is 503 g/mol. The van der Waals surface area contributed by atoms with E-state index in [0.717, 1.165) is 0 Å². The molecule has 3 N–H and O–H groups in total. The molecular weight excluding hydrogens is 468 g/mol. The molecule has 1 spiro atoms. The summed E-state index contributed by atoms with van der Waals surface area (Å²) in [5, 5.41) is 37.4. The topological polar surface area (TPSA) is 136 Å². The van der Waals surface area contributed by atoms with Crippen molar-refractivity contribution in [3.05, 3.63) is 24.2 Å². The molecule has 1 aromatic heterocycles. The summed E-state index contributed by atoms with van der Waals surface area (Å²) in [6.45, 7) is 5.85. The fraction of sp³-hybridized carbons (Fsp3) is 0.778. The average Bonchev–Trinajstić information content (AvgIpc) is 3.50. The minimum Gasteiger partial charge on any atom is -0.472 e. The lowest BCUT2D eigenvalue weighted by Crippen LogP contribution is -2.72. The number of carbonyl (C=O) groups is 2. The largest absolute Gasteiger partial charge is 0.472 e. The van der Waals surface area contributed by atoms with E-state index >= 15 is 0 Å². The summed E-state index contributed by atoms with van der Waals surface area (Å²) in [5.74, 6) is -2.59. The van der Waals surface area contributed by atoms with Crippen molar-refractivity contribution in [2.24, 2.45) is 34.0 Å². The Morgan fingerprint density at radius 3 is 2.67 bits per heavy atom. The van der Waals surface area contributed by atoms with Crippen molar-refractivity contribution < 1.29 is 43.5 Å². The molecule has 2 bridgehead atoms. The Morgan fingerprint density at radius 2 is 2.00 bits per heavy atom. The molecular formula is C27H34O9. The van der Waals surface area contributed by atoms with Crippen LogP contribution >= 0.6 is 0 Å². The number of aliphatic hydroxyl groups excluding tert-OH is 1. The molecule has 4 saturated carbocycles. The first-order valence-corrected chi connectivity index (χ1v) is 12.9. The maximum Gasteiger partial charge on any atom is 0.309 e. The molecule has 0 aromatic carbocycles. The number of aliphatic hydroxyl groups is 3. The highest BCUT2D eigenvalue weighted by Crippen LogP contribution is 2.85. The van der Waals surface area contributed by atoms with Crippen LogP contribution in [0.25, 0.3) is 0 Å². The van der Waals surface area contributed by atoms with Gasteiger partial charge >= 0.3 is 11.9 Å². The van der Waals surface area contributed by atoms with E-state index in [1.807, 2.05) is 20.8 Å². The minimum atomic E-state index is -1.60. The van der Waals surface area contributed by atoms with Crippen LogP contribution in [0.15, 0.2) is 23.0 Å². The molecule has 7 rings (SSSR count). The van der Waals surface area contributed by atoms with Crippen LogP contribution in [0.3, 0.4) is 0 Å². The molecule has 3 heterocycles. The maximum atomic E-state index is 13.2. The molecule has 0 radical (unpaired) electrons. The van der Waals surface area contributed by atoms with Crippen molar-refractivity contribution >= 4 is 11.9 Å². The summed E-state index contributed by atoms with van der Waals surface area (Å²) in [7, 11) is 1.34. The second-order valence-electron chi connectivity index (χ2n) is 13.0. The number of rotatable bonds is 3. The van der Waals surface area contributed by atoms with Gasteiger partial charge in [-0.15, -0.1) is 0 Å². The summed E-state index contributed by atoms with van der Waals surface area (Å²) in [4.78, 5) is 25.8. The molecule has 196 valence electrons. The molecule has 1 unspecified atom stereocenters. The third-order valence-electron chi connectivity index (χ3n) is 12.2. The normalized spacial score (nSPS) is 57.9. The Hall–Kier alpha value is -1.94. The maximum absolute atomic E-state index is 13.2. The van der Waals surface area contributed by atoms with Crippen LogP contribution in [0.2, 0.25) is 0 Å². The van der Waals surface area contributed by atoms with E-state index < -0.39 is 81.1 Å². The van der Waals surface area contributed by atoms with Crippen LogP contribution in [0, 0.1) is 34.0 Å². The first-order valence-electron chi connectivity index (χ1n) is 12.9. The van der Waals surface area contributed by atoms with Gasteiger partial charge in [0.25, 0.3) is 0 Å². The summed E-state index contributed by atoms with van der Waals surface area (Å²) in [5.41, 5.74) is -6.24. The predicted octanol–water partition coefficient (Wildman–Crippen LogP) is 1.88. The van der Waals surface area contributed by atoms with Crippen molar-refractivity contribution in [1.82, 2.24) is 0 Å². The highest BCUT2D eigenvalue weighted by molar-refractivity contribution is 5.74. The van der Waals surface area contributed by atoms with Gasteiger partial charge in [0.2, 0.25) is 0 Å². The van der Waals surface area contributed by atoms with Gasteiger partial charge in [-0.3, -0.25) is 9.59 Å². The zero-order valence-electron chi connectivity index (χ0n) is 21.0. The van der Waals surface area contributed by atoms with Crippen LogP contribution in [0.1, 0.15) is 64.5 Å². The summed E-state index contributed by atoms with van der Waals surface area (Å²) in [6.07, 6.45) is 1.64. The lowest BCUT2D eigenvalue weighted by molar-refractivity contribution is -0.298. The van der Waals surface area contributed by atoms with E-state index in [1.54, 1.807) is 12.3 Å². The Kier molecular flexibility index (Phi) is 4.10. The van der Waals surface area contributed by atoms with Crippen molar-refractivity contribution in [1.29, 1.82) is 0 Å². The summed E-state index contributed by atoms with van der Waals surface area (Å²) >= 11 is 0. The fourth-order valence-electron chi connectivity index (χ4n) is 10.8. The minimum absolute atomic E-state index is 0.0266. The zero-order chi connectivity index (χ0) is 25.7. The van der Waals surface area contributed by atoms with Crippen molar-refractivity contribution in [2.75, 3.05) is 7.11 Å². The molecule has 4 aliphatic carbocycles. The lowest BCUT2D eigenvalue weighted by Gasteiger charge is -2.63. The van der Waals surface area contributed by atoms with E-state index in [0.29, 0.717) is 18.4 Å². The number of methoxy groups -OCH3 is 1. The number of fused-ring (bicyclic) bond motifs is 2. The van der Waals surface area contributed by atoms with E-state index in [9.17, 15) is 24.9 Å². The third kappa shape index (κ3) is 2.01. The molecule has 12 atom stereocenters. The molecule has 0 amide bonds. The van der Waals surface area contributed by atoms with Crippen LogP contribution < -0.4 is 0 Å². The summed E-state index contributed by atoms with van der Waals surface area (Å²) in [6, 6.07) is 1.76. The van der Waals surface area contributed by atoms with Crippen molar-refractivity contribution in [3.63, 3.8) is 0 Å². The molecule has 2 saturated heterocycles. The van der Waals surface area contributed by atoms with Crippen LogP contribution in [-0.2, 0) is 23.8 Å². The van der Waals surface area contributed by atoms with Gasteiger partial charge in [-0.25, -0.2) is 0 Å². The molecule has 9 heteroatoms. The number of cyclic esters (lactones) is 1. The Bertz CT molecular complexity index is 1170. The monoisotopic (exact) mass is 502 g/mol. The van der Waals surface area contributed by atoms with Gasteiger partial charge in [0.05, 0.1) is 43.9 Å². The van der Waals surface area contributed by atoms with E-state index in [1.165, 1.54) is 13.4 Å². The van der Waals surface area contributed by atoms with Gasteiger partial charge in [-0.05, 0) is 37.2 Å². The first kappa shape index (κ1) is 23.2. The molecule has 2 aliphatic heterocycles. The highest BCUT2D eigenvalue weighted by Gasteiger charge is 2.94. The number of esters is 2. The number of hydrogen-bond donors (Lipinski definition) is 3. The molecule has 9 nitrogen and oxygen atoms in total. The second-order valence-corrected chi connectivity index (χ2v) is 13.0. The van der Waals surface area contributed by atoms with Gasteiger partial charge < -0.3 is 33.9 Å². The van der Waals surface area contributed by atoms with Gasteiger partial charge in [0.15, 0.2) is 0 Å². The van der Waals surface area contributed by atoms with Gasteiger partial charge in [-0.1, -0.05) is 20.8 Å². The van der Waals surface area contributed by atoms with Crippen molar-refractivity contribution in [3.8, 4) is 0 Å². The third-order valence-corrected chi connectivity index (χ3v) is 12.2. The number of ether oxygens (including phenoxy) is 3. The Labute approximate surface area is 209 Å². The first-order chi connectivity index (χ1) is 16.8. The summed E-state index contributed by atoms with van der Waals surface area (Å²) < 4.78 is 23.1. The van der Waals surface area contributed by atoms with Crippen molar-refractivity contribution in [2.45, 2.75) is 88.0 Å². The molecule has 6 aliphatic rings. The number of hydrogen-bond acceptors (Lipinski definition) is 9. The lowest BCUT2D eigenvalue weighted by atomic mass is 9.45. The Morgan fingerprint density at radius 1 is 1.25 bits per heavy atom.